The quantitative estimate of drug-likeness (QED) is 0.803. The monoisotopic (exact) mass is 227 g/mol. The summed E-state index contributed by atoms with van der Waals surface area (Å²) < 4.78 is 23.5. The zero-order chi connectivity index (χ0) is 12.0. The molecule has 16 heavy (non-hydrogen) atoms. The molecule has 4 heteroatoms. The van der Waals surface area contributed by atoms with Crippen molar-refractivity contribution in [3.63, 3.8) is 0 Å². The van der Waals surface area contributed by atoms with Crippen LogP contribution in [0.15, 0.2) is 12.1 Å². The number of nitrogens with one attached hydrogen (secondary N) is 1. The number of methoxy groups -OCH3 is 2. The molecule has 0 spiro atoms. The van der Waals surface area contributed by atoms with Gasteiger partial charge >= 0.3 is 0 Å². The molecule has 0 bridgehead atoms. The van der Waals surface area contributed by atoms with Crippen molar-refractivity contribution in [3.05, 3.63) is 29.1 Å². The van der Waals surface area contributed by atoms with E-state index in [1.807, 2.05) is 7.05 Å². The van der Waals surface area contributed by atoms with Crippen molar-refractivity contribution in [2.75, 3.05) is 27.8 Å². The van der Waals surface area contributed by atoms with Crippen molar-refractivity contribution in [2.24, 2.45) is 0 Å². The highest BCUT2D eigenvalue weighted by atomic mass is 19.1. The van der Waals surface area contributed by atoms with Gasteiger partial charge in [-0.3, -0.25) is 0 Å². The predicted molar refractivity (Wildman–Crippen MR) is 61.3 cm³/mol. The molecule has 0 unspecified atom stereocenters. The second kappa shape index (κ2) is 6.45. The number of hydrogen-bond donors (Lipinski definition) is 1. The van der Waals surface area contributed by atoms with Gasteiger partial charge in [0.2, 0.25) is 0 Å². The van der Waals surface area contributed by atoms with E-state index in [4.69, 9.17) is 9.47 Å². The fraction of sp³-hybridized carbons (Fsp3) is 0.500. The zero-order valence-corrected chi connectivity index (χ0v) is 9.97. The number of rotatable bonds is 6. The average Bonchev–Trinajstić information content (AvgIpc) is 2.27. The fourth-order valence-electron chi connectivity index (χ4n) is 1.67. The van der Waals surface area contributed by atoms with Crippen molar-refractivity contribution in [3.8, 4) is 5.75 Å². The van der Waals surface area contributed by atoms with Gasteiger partial charge in [-0.1, -0.05) is 0 Å². The summed E-state index contributed by atoms with van der Waals surface area (Å²) in [6.07, 6.45) is 0.790. The van der Waals surface area contributed by atoms with E-state index in [-0.39, 0.29) is 5.82 Å². The summed E-state index contributed by atoms with van der Waals surface area (Å²) in [4.78, 5) is 0. The molecule has 0 atom stereocenters. The third kappa shape index (κ3) is 3.18. The number of hydrogen-bond acceptors (Lipinski definition) is 3. The van der Waals surface area contributed by atoms with E-state index in [1.165, 1.54) is 12.1 Å². The lowest BCUT2D eigenvalue weighted by molar-refractivity contribution is 0.183. The summed E-state index contributed by atoms with van der Waals surface area (Å²) in [5.74, 6) is 0.291. The third-order valence-corrected chi connectivity index (χ3v) is 2.41. The Labute approximate surface area is 95.6 Å². The van der Waals surface area contributed by atoms with Crippen LogP contribution in [0.25, 0.3) is 0 Å². The van der Waals surface area contributed by atoms with Gasteiger partial charge in [0.15, 0.2) is 0 Å². The van der Waals surface area contributed by atoms with E-state index < -0.39 is 0 Å². The first kappa shape index (κ1) is 12.9. The minimum absolute atomic E-state index is 0.294. The van der Waals surface area contributed by atoms with Gasteiger partial charge < -0.3 is 14.8 Å². The molecule has 1 N–H and O–H groups in total. The SMILES string of the molecule is CNCCc1c(COC)cc(F)cc1OC. The highest BCUT2D eigenvalue weighted by molar-refractivity contribution is 5.41. The summed E-state index contributed by atoms with van der Waals surface area (Å²) in [6, 6.07) is 2.90. The Kier molecular flexibility index (Phi) is 5.22. The van der Waals surface area contributed by atoms with Gasteiger partial charge in [-0.25, -0.2) is 4.39 Å². The zero-order valence-electron chi connectivity index (χ0n) is 9.97. The molecule has 0 heterocycles. The van der Waals surface area contributed by atoms with Crippen LogP contribution in [0.4, 0.5) is 4.39 Å². The molecular formula is C12H18FNO2. The molecule has 1 aromatic carbocycles. The van der Waals surface area contributed by atoms with Crippen LogP contribution in [0.1, 0.15) is 11.1 Å². The largest absolute Gasteiger partial charge is 0.496 e. The van der Waals surface area contributed by atoms with E-state index >= 15 is 0 Å². The van der Waals surface area contributed by atoms with E-state index in [9.17, 15) is 4.39 Å². The lowest BCUT2D eigenvalue weighted by atomic mass is 10.0. The molecule has 0 aromatic heterocycles. The number of likely N-dealkylation sites (N-methyl/N-ethyl adjacent to an activating group) is 1. The Hall–Kier alpha value is -1.13. The minimum atomic E-state index is -0.294. The summed E-state index contributed by atoms with van der Waals surface area (Å²) >= 11 is 0. The Morgan fingerprint density at radius 3 is 2.62 bits per heavy atom. The molecule has 0 aliphatic rings. The first-order valence-corrected chi connectivity index (χ1v) is 5.21. The topological polar surface area (TPSA) is 30.5 Å². The molecule has 0 amide bonds. The standard InChI is InChI=1S/C12H18FNO2/c1-14-5-4-11-9(8-15-2)6-10(13)7-12(11)16-3/h6-7,14H,4-5,8H2,1-3H3. The summed E-state index contributed by atoms with van der Waals surface area (Å²) in [6.45, 7) is 1.21. The summed E-state index contributed by atoms with van der Waals surface area (Å²) in [7, 11) is 5.03. The van der Waals surface area contributed by atoms with Gasteiger partial charge in [0, 0.05) is 18.7 Å². The smallest absolute Gasteiger partial charge is 0.127 e. The highest BCUT2D eigenvalue weighted by Gasteiger charge is 2.11. The van der Waals surface area contributed by atoms with E-state index in [2.05, 4.69) is 5.32 Å². The molecule has 0 saturated heterocycles. The number of ether oxygens (including phenoxy) is 2. The van der Waals surface area contributed by atoms with E-state index in [0.29, 0.717) is 12.4 Å². The Morgan fingerprint density at radius 2 is 2.06 bits per heavy atom. The maximum absolute atomic E-state index is 13.3. The van der Waals surface area contributed by atoms with Gasteiger partial charge in [0.25, 0.3) is 0 Å². The Balaban J connectivity index is 3.05. The van der Waals surface area contributed by atoms with Gasteiger partial charge in [-0.15, -0.1) is 0 Å². The van der Waals surface area contributed by atoms with Crippen LogP contribution in [0.2, 0.25) is 0 Å². The minimum Gasteiger partial charge on any atom is -0.496 e. The molecule has 0 radical (unpaired) electrons. The maximum atomic E-state index is 13.3. The second-order valence-electron chi connectivity index (χ2n) is 3.53. The molecule has 0 saturated carbocycles. The first-order valence-electron chi connectivity index (χ1n) is 5.21. The van der Waals surface area contributed by atoms with Crippen LogP contribution in [0.5, 0.6) is 5.75 Å². The molecular weight excluding hydrogens is 209 g/mol. The molecule has 1 aromatic rings. The summed E-state index contributed by atoms with van der Waals surface area (Å²) in [5.41, 5.74) is 1.84. The van der Waals surface area contributed by atoms with Crippen LogP contribution in [-0.2, 0) is 17.8 Å². The van der Waals surface area contributed by atoms with Crippen molar-refractivity contribution >= 4 is 0 Å². The van der Waals surface area contributed by atoms with Crippen LogP contribution in [0.3, 0.4) is 0 Å². The Bertz CT molecular complexity index is 342. The normalized spacial score (nSPS) is 10.5. The fourth-order valence-corrected chi connectivity index (χ4v) is 1.67. The van der Waals surface area contributed by atoms with Gasteiger partial charge in [0.1, 0.15) is 11.6 Å². The van der Waals surface area contributed by atoms with Crippen molar-refractivity contribution in [1.29, 1.82) is 0 Å². The van der Waals surface area contributed by atoms with Gasteiger partial charge in [0.05, 0.1) is 13.7 Å². The molecule has 90 valence electrons. The molecule has 0 aliphatic carbocycles. The molecule has 0 fully saturated rings. The van der Waals surface area contributed by atoms with Gasteiger partial charge in [-0.05, 0) is 31.6 Å². The first-order chi connectivity index (χ1) is 7.72. The van der Waals surface area contributed by atoms with Crippen molar-refractivity contribution < 1.29 is 13.9 Å². The maximum Gasteiger partial charge on any atom is 0.127 e. The van der Waals surface area contributed by atoms with E-state index in [0.717, 1.165) is 24.1 Å². The average molecular weight is 227 g/mol. The van der Waals surface area contributed by atoms with E-state index in [1.54, 1.807) is 14.2 Å². The van der Waals surface area contributed by atoms with Crippen molar-refractivity contribution in [1.82, 2.24) is 5.32 Å². The molecule has 1 rings (SSSR count). The summed E-state index contributed by atoms with van der Waals surface area (Å²) in [5, 5.41) is 3.06. The second-order valence-corrected chi connectivity index (χ2v) is 3.53. The van der Waals surface area contributed by atoms with Crippen LogP contribution in [-0.4, -0.2) is 27.8 Å². The highest BCUT2D eigenvalue weighted by Crippen LogP contribution is 2.25. The predicted octanol–water partition coefficient (Wildman–Crippen LogP) is 1.74. The molecule has 3 nitrogen and oxygen atoms in total. The third-order valence-electron chi connectivity index (χ3n) is 2.41. The van der Waals surface area contributed by atoms with Gasteiger partial charge in [-0.2, -0.15) is 0 Å². The lowest BCUT2D eigenvalue weighted by Crippen LogP contribution is -2.13. The van der Waals surface area contributed by atoms with Crippen molar-refractivity contribution in [2.45, 2.75) is 13.0 Å². The lowest BCUT2D eigenvalue weighted by Gasteiger charge is -2.13. The van der Waals surface area contributed by atoms with Crippen LogP contribution >= 0.6 is 0 Å². The molecule has 0 aliphatic heterocycles. The number of benzene rings is 1. The Morgan fingerprint density at radius 1 is 1.31 bits per heavy atom. The van der Waals surface area contributed by atoms with Crippen LogP contribution < -0.4 is 10.1 Å². The number of halogens is 1. The van der Waals surface area contributed by atoms with Crippen LogP contribution in [0, 0.1) is 5.82 Å².